The molecule has 1 aromatic rings. The maximum absolute atomic E-state index is 11.0. The Morgan fingerprint density at radius 2 is 2.14 bits per heavy atom. The maximum Gasteiger partial charge on any atom is 0.342 e. The molecule has 1 aliphatic heterocycles. The summed E-state index contributed by atoms with van der Waals surface area (Å²) in [5.74, 6) is -0.988. The third kappa shape index (κ3) is 4.12. The van der Waals surface area contributed by atoms with Crippen molar-refractivity contribution in [3.63, 3.8) is 0 Å². The molecule has 114 valence electrons. The number of piperidine rings is 1. The van der Waals surface area contributed by atoms with Crippen molar-refractivity contribution in [3.05, 3.63) is 27.9 Å². The fourth-order valence-electron chi connectivity index (χ4n) is 2.39. The number of hydrogen-bond acceptors (Lipinski definition) is 6. The topological polar surface area (TPSA) is 109 Å². The molecule has 8 nitrogen and oxygen atoms in total. The van der Waals surface area contributed by atoms with Crippen LogP contribution in [0.15, 0.2) is 12.3 Å². The van der Waals surface area contributed by atoms with Gasteiger partial charge in [-0.3, -0.25) is 10.1 Å². The minimum absolute atomic E-state index is 0.343. The summed E-state index contributed by atoms with van der Waals surface area (Å²) in [6.07, 6.45) is 4.67. The molecule has 2 heterocycles. The number of carboxylic acids is 1. The molecule has 2 rings (SSSR count). The summed E-state index contributed by atoms with van der Waals surface area (Å²) in [5.41, 5.74) is -0.848. The van der Waals surface area contributed by atoms with Crippen LogP contribution < -0.4 is 5.32 Å². The van der Waals surface area contributed by atoms with Gasteiger partial charge in [0.15, 0.2) is 0 Å². The van der Waals surface area contributed by atoms with E-state index in [1.807, 2.05) is 0 Å². The van der Waals surface area contributed by atoms with E-state index in [9.17, 15) is 14.9 Å². The van der Waals surface area contributed by atoms with Gasteiger partial charge in [0.25, 0.3) is 0 Å². The predicted octanol–water partition coefficient (Wildman–Crippen LogP) is 1.59. The van der Waals surface area contributed by atoms with Crippen molar-refractivity contribution in [1.29, 1.82) is 0 Å². The molecule has 0 saturated carbocycles. The first kappa shape index (κ1) is 15.2. The van der Waals surface area contributed by atoms with Gasteiger partial charge in [0, 0.05) is 19.2 Å². The Kier molecular flexibility index (Phi) is 5.04. The molecule has 0 amide bonds. The molecule has 1 saturated heterocycles. The van der Waals surface area contributed by atoms with E-state index in [-0.39, 0.29) is 5.56 Å². The Balaban J connectivity index is 1.95. The summed E-state index contributed by atoms with van der Waals surface area (Å²) in [6, 6.07) is 1.21. The zero-order valence-electron chi connectivity index (χ0n) is 11.6. The van der Waals surface area contributed by atoms with Gasteiger partial charge >= 0.3 is 11.7 Å². The summed E-state index contributed by atoms with van der Waals surface area (Å²) in [4.78, 5) is 27.2. The Hall–Kier alpha value is -2.22. The first-order chi connectivity index (χ1) is 10.1. The van der Waals surface area contributed by atoms with Gasteiger partial charge in [-0.05, 0) is 25.9 Å². The second-order valence-corrected chi connectivity index (χ2v) is 4.98. The van der Waals surface area contributed by atoms with E-state index in [4.69, 9.17) is 5.11 Å². The number of aromatic nitrogens is 1. The van der Waals surface area contributed by atoms with Crippen LogP contribution in [0.2, 0.25) is 0 Å². The van der Waals surface area contributed by atoms with Crippen molar-refractivity contribution in [1.82, 2.24) is 9.88 Å². The first-order valence-electron chi connectivity index (χ1n) is 6.92. The molecule has 1 fully saturated rings. The van der Waals surface area contributed by atoms with E-state index < -0.39 is 16.6 Å². The van der Waals surface area contributed by atoms with E-state index in [1.54, 1.807) is 0 Å². The van der Waals surface area contributed by atoms with Crippen LogP contribution in [0, 0.1) is 10.1 Å². The number of likely N-dealkylation sites (tertiary alicyclic amines) is 1. The second kappa shape index (κ2) is 6.98. The smallest absolute Gasteiger partial charge is 0.342 e. The lowest BCUT2D eigenvalue weighted by molar-refractivity contribution is -0.385. The molecule has 0 bridgehead atoms. The number of anilines is 1. The number of hydrogen-bond donors (Lipinski definition) is 2. The molecule has 1 aliphatic rings. The third-order valence-corrected chi connectivity index (χ3v) is 3.49. The SMILES string of the molecule is O=C(O)c1cc(NCCN2CCCCC2)ncc1[N+](=O)[O-]. The summed E-state index contributed by atoms with van der Waals surface area (Å²) in [7, 11) is 0. The predicted molar refractivity (Wildman–Crippen MR) is 76.6 cm³/mol. The standard InChI is InChI=1S/C13H18N4O4/c18-13(19)10-8-12(15-9-11(10)17(20)21)14-4-7-16-5-2-1-3-6-16/h8-9H,1-7H2,(H,14,15)(H,18,19). The van der Waals surface area contributed by atoms with Crippen LogP contribution in [0.25, 0.3) is 0 Å². The Bertz CT molecular complexity index is 529. The summed E-state index contributed by atoms with van der Waals surface area (Å²) < 4.78 is 0. The Morgan fingerprint density at radius 3 is 2.76 bits per heavy atom. The molecule has 0 unspecified atom stereocenters. The van der Waals surface area contributed by atoms with Gasteiger partial charge in [0.05, 0.1) is 4.92 Å². The normalized spacial score (nSPS) is 15.6. The number of aromatic carboxylic acids is 1. The fraction of sp³-hybridized carbons (Fsp3) is 0.538. The number of pyridine rings is 1. The summed E-state index contributed by atoms with van der Waals surface area (Å²) >= 11 is 0. The average molecular weight is 294 g/mol. The number of nitro groups is 1. The minimum Gasteiger partial charge on any atom is -0.477 e. The van der Waals surface area contributed by atoms with E-state index in [2.05, 4.69) is 15.2 Å². The van der Waals surface area contributed by atoms with Crippen molar-refractivity contribution in [3.8, 4) is 0 Å². The van der Waals surface area contributed by atoms with Gasteiger partial charge < -0.3 is 15.3 Å². The lowest BCUT2D eigenvalue weighted by Crippen LogP contribution is -2.33. The van der Waals surface area contributed by atoms with Gasteiger partial charge in [-0.25, -0.2) is 9.78 Å². The number of rotatable bonds is 6. The van der Waals surface area contributed by atoms with Gasteiger partial charge in [-0.2, -0.15) is 0 Å². The third-order valence-electron chi connectivity index (χ3n) is 3.49. The molecule has 0 aliphatic carbocycles. The first-order valence-corrected chi connectivity index (χ1v) is 6.92. The molecule has 21 heavy (non-hydrogen) atoms. The number of nitrogens with one attached hydrogen (secondary N) is 1. The average Bonchev–Trinajstić information content (AvgIpc) is 2.48. The highest BCUT2D eigenvalue weighted by Crippen LogP contribution is 2.20. The van der Waals surface area contributed by atoms with Gasteiger partial charge in [-0.15, -0.1) is 0 Å². The summed E-state index contributed by atoms with van der Waals surface area (Å²) in [5, 5.41) is 22.7. The van der Waals surface area contributed by atoms with Crippen LogP contribution in [0.4, 0.5) is 11.5 Å². The van der Waals surface area contributed by atoms with Gasteiger partial charge in [-0.1, -0.05) is 6.42 Å². The molecule has 0 radical (unpaired) electrons. The van der Waals surface area contributed by atoms with Crippen molar-refractivity contribution >= 4 is 17.5 Å². The molecular weight excluding hydrogens is 276 g/mol. The van der Waals surface area contributed by atoms with Gasteiger partial charge in [0.1, 0.15) is 17.6 Å². The lowest BCUT2D eigenvalue weighted by Gasteiger charge is -2.26. The highest BCUT2D eigenvalue weighted by atomic mass is 16.6. The summed E-state index contributed by atoms with van der Waals surface area (Å²) in [6.45, 7) is 3.64. The van der Waals surface area contributed by atoms with Crippen LogP contribution in [-0.4, -0.2) is 52.1 Å². The van der Waals surface area contributed by atoms with Gasteiger partial charge in [0.2, 0.25) is 0 Å². The monoisotopic (exact) mass is 294 g/mol. The number of carbonyl (C=O) groups is 1. The van der Waals surface area contributed by atoms with Crippen LogP contribution in [0.3, 0.4) is 0 Å². The zero-order chi connectivity index (χ0) is 15.2. The van der Waals surface area contributed by atoms with Crippen molar-refractivity contribution in [2.75, 3.05) is 31.5 Å². The van der Waals surface area contributed by atoms with E-state index >= 15 is 0 Å². The molecule has 1 aromatic heterocycles. The Morgan fingerprint density at radius 1 is 1.43 bits per heavy atom. The van der Waals surface area contributed by atoms with Crippen molar-refractivity contribution in [2.24, 2.45) is 0 Å². The van der Waals surface area contributed by atoms with Crippen molar-refractivity contribution in [2.45, 2.75) is 19.3 Å². The molecular formula is C13H18N4O4. The van der Waals surface area contributed by atoms with Crippen LogP contribution >= 0.6 is 0 Å². The van der Waals surface area contributed by atoms with E-state index in [0.717, 1.165) is 25.8 Å². The molecule has 0 spiro atoms. The number of carboxylic acid groups (broad SMARTS) is 1. The molecule has 8 heteroatoms. The van der Waals surface area contributed by atoms with E-state index in [0.29, 0.717) is 12.4 Å². The highest BCUT2D eigenvalue weighted by molar-refractivity contribution is 5.93. The quantitative estimate of drug-likeness (QED) is 0.605. The second-order valence-electron chi connectivity index (χ2n) is 4.98. The number of nitrogens with zero attached hydrogens (tertiary/aromatic N) is 3. The van der Waals surface area contributed by atoms with Crippen LogP contribution in [-0.2, 0) is 0 Å². The molecule has 0 aromatic carbocycles. The Labute approximate surface area is 121 Å². The zero-order valence-corrected chi connectivity index (χ0v) is 11.6. The minimum atomic E-state index is -1.33. The van der Waals surface area contributed by atoms with Crippen LogP contribution in [0.5, 0.6) is 0 Å². The van der Waals surface area contributed by atoms with Crippen LogP contribution in [0.1, 0.15) is 29.6 Å². The fourth-order valence-corrected chi connectivity index (χ4v) is 2.39. The maximum atomic E-state index is 11.0. The lowest BCUT2D eigenvalue weighted by atomic mass is 10.1. The largest absolute Gasteiger partial charge is 0.477 e. The van der Waals surface area contributed by atoms with Crippen molar-refractivity contribution < 1.29 is 14.8 Å². The van der Waals surface area contributed by atoms with E-state index in [1.165, 1.54) is 25.3 Å². The molecule has 2 N–H and O–H groups in total. The molecule has 0 atom stereocenters. The highest BCUT2D eigenvalue weighted by Gasteiger charge is 2.21.